The SMILES string of the molecule is COC1(c2ccnc(C(N)=O)c2)[C@@H]2CCC[C@H]1CN(C[C@H]1CCCO1)C2. The van der Waals surface area contributed by atoms with Gasteiger partial charge in [-0.1, -0.05) is 6.42 Å². The van der Waals surface area contributed by atoms with Crippen molar-refractivity contribution in [3.8, 4) is 0 Å². The van der Waals surface area contributed by atoms with Crippen LogP contribution in [0.5, 0.6) is 0 Å². The number of ether oxygens (including phenoxy) is 2. The molecule has 26 heavy (non-hydrogen) atoms. The number of nitrogens with zero attached hydrogens (tertiary/aromatic N) is 2. The lowest BCUT2D eigenvalue weighted by molar-refractivity contribution is -0.171. The van der Waals surface area contributed by atoms with Gasteiger partial charge in [-0.25, -0.2) is 0 Å². The minimum Gasteiger partial charge on any atom is -0.377 e. The zero-order valence-electron chi connectivity index (χ0n) is 15.5. The fourth-order valence-electron chi connectivity index (χ4n) is 5.48. The number of pyridine rings is 1. The summed E-state index contributed by atoms with van der Waals surface area (Å²) < 4.78 is 12.1. The molecule has 3 fully saturated rings. The molecule has 1 amide bonds. The Hall–Kier alpha value is -1.50. The summed E-state index contributed by atoms with van der Waals surface area (Å²) in [7, 11) is 1.81. The molecule has 142 valence electrons. The minimum absolute atomic E-state index is 0.318. The number of nitrogens with two attached hydrogens (primary N) is 1. The summed E-state index contributed by atoms with van der Waals surface area (Å²) in [6.07, 6.45) is 7.94. The second-order valence-electron chi connectivity index (χ2n) is 7.97. The number of fused-ring (bicyclic) bond motifs is 2. The third-order valence-electron chi connectivity index (χ3n) is 6.56. The van der Waals surface area contributed by atoms with Crippen molar-refractivity contribution in [2.45, 2.75) is 43.8 Å². The summed E-state index contributed by atoms with van der Waals surface area (Å²) in [6.45, 7) is 3.95. The molecule has 4 rings (SSSR count). The predicted molar refractivity (Wildman–Crippen MR) is 97.7 cm³/mol. The predicted octanol–water partition coefficient (Wildman–Crippen LogP) is 1.93. The molecule has 1 aromatic rings. The molecule has 2 bridgehead atoms. The van der Waals surface area contributed by atoms with Gasteiger partial charge in [-0.3, -0.25) is 14.7 Å². The maximum absolute atomic E-state index is 11.6. The molecule has 0 aromatic carbocycles. The van der Waals surface area contributed by atoms with E-state index in [0.29, 0.717) is 23.6 Å². The van der Waals surface area contributed by atoms with Crippen molar-refractivity contribution in [1.82, 2.24) is 9.88 Å². The average molecular weight is 359 g/mol. The number of piperidine rings is 1. The third kappa shape index (κ3) is 3.04. The van der Waals surface area contributed by atoms with Crippen molar-refractivity contribution in [3.63, 3.8) is 0 Å². The van der Waals surface area contributed by atoms with Gasteiger partial charge in [0.05, 0.1) is 6.10 Å². The molecule has 6 nitrogen and oxygen atoms in total. The van der Waals surface area contributed by atoms with Crippen molar-refractivity contribution in [1.29, 1.82) is 0 Å². The summed E-state index contributed by atoms with van der Waals surface area (Å²) >= 11 is 0. The Morgan fingerprint density at radius 2 is 2.12 bits per heavy atom. The van der Waals surface area contributed by atoms with Crippen LogP contribution >= 0.6 is 0 Å². The number of primary amides is 1. The zero-order valence-corrected chi connectivity index (χ0v) is 15.5. The molecule has 2 saturated heterocycles. The molecule has 2 N–H and O–H groups in total. The van der Waals surface area contributed by atoms with Crippen LogP contribution in [-0.2, 0) is 15.1 Å². The maximum atomic E-state index is 11.6. The summed E-state index contributed by atoms with van der Waals surface area (Å²) in [5.41, 5.74) is 6.48. The van der Waals surface area contributed by atoms with Crippen molar-refractivity contribution in [2.75, 3.05) is 33.4 Å². The first-order chi connectivity index (χ1) is 12.6. The van der Waals surface area contributed by atoms with Gasteiger partial charge in [-0.15, -0.1) is 0 Å². The molecule has 1 unspecified atom stereocenters. The van der Waals surface area contributed by atoms with E-state index in [1.165, 1.54) is 19.3 Å². The largest absolute Gasteiger partial charge is 0.377 e. The number of methoxy groups -OCH3 is 1. The number of likely N-dealkylation sites (tertiary alicyclic amines) is 1. The van der Waals surface area contributed by atoms with Crippen LogP contribution in [0.3, 0.4) is 0 Å². The van der Waals surface area contributed by atoms with E-state index in [1.807, 2.05) is 19.2 Å². The standard InChI is InChI=1S/C20H29N3O3/c1-25-20(14-7-8-22-18(10-14)19(21)24)15-4-2-5-16(20)12-23(11-15)13-17-6-3-9-26-17/h7-8,10,15-17H,2-6,9,11-13H2,1H3,(H2,21,24)/t15-,16+,17-,20?/m1/s1. The van der Waals surface area contributed by atoms with Crippen molar-refractivity contribution in [2.24, 2.45) is 17.6 Å². The molecule has 6 heteroatoms. The number of hydrogen-bond acceptors (Lipinski definition) is 5. The number of rotatable bonds is 5. The van der Waals surface area contributed by atoms with Gasteiger partial charge >= 0.3 is 0 Å². The normalized spacial score (nSPS) is 34.7. The first kappa shape index (κ1) is 17.9. The molecular formula is C20H29N3O3. The second-order valence-corrected chi connectivity index (χ2v) is 7.97. The smallest absolute Gasteiger partial charge is 0.267 e. The van der Waals surface area contributed by atoms with Crippen LogP contribution < -0.4 is 5.73 Å². The minimum atomic E-state index is -0.487. The lowest BCUT2D eigenvalue weighted by Crippen LogP contribution is -2.59. The Morgan fingerprint density at radius 1 is 1.35 bits per heavy atom. The van der Waals surface area contributed by atoms with Crippen LogP contribution in [0.25, 0.3) is 0 Å². The van der Waals surface area contributed by atoms with Gasteiger partial charge in [0.2, 0.25) is 0 Å². The van der Waals surface area contributed by atoms with Gasteiger partial charge in [0, 0.05) is 51.4 Å². The monoisotopic (exact) mass is 359 g/mol. The van der Waals surface area contributed by atoms with Crippen molar-refractivity contribution < 1.29 is 14.3 Å². The molecule has 3 heterocycles. The maximum Gasteiger partial charge on any atom is 0.267 e. The quantitative estimate of drug-likeness (QED) is 0.869. The van der Waals surface area contributed by atoms with E-state index in [9.17, 15) is 4.79 Å². The van der Waals surface area contributed by atoms with E-state index in [1.54, 1.807) is 6.20 Å². The van der Waals surface area contributed by atoms with Gasteiger partial charge in [0.25, 0.3) is 5.91 Å². The van der Waals surface area contributed by atoms with Gasteiger partial charge in [-0.05, 0) is 43.4 Å². The van der Waals surface area contributed by atoms with Crippen LogP contribution in [0.4, 0.5) is 0 Å². The summed E-state index contributed by atoms with van der Waals surface area (Å²) in [6, 6.07) is 3.84. The molecule has 0 radical (unpaired) electrons. The number of aromatic nitrogens is 1. The van der Waals surface area contributed by atoms with E-state index in [-0.39, 0.29) is 5.60 Å². The molecule has 1 aliphatic carbocycles. The Kier molecular flexibility index (Phi) is 4.99. The molecule has 2 aliphatic heterocycles. The van der Waals surface area contributed by atoms with E-state index < -0.39 is 5.91 Å². The second kappa shape index (κ2) is 7.25. The van der Waals surface area contributed by atoms with Crippen molar-refractivity contribution >= 4 is 5.91 Å². The molecule has 4 atom stereocenters. The highest BCUT2D eigenvalue weighted by Gasteiger charge is 2.53. The zero-order chi connectivity index (χ0) is 18.1. The number of carbonyl (C=O) groups is 1. The summed E-state index contributed by atoms with van der Waals surface area (Å²) in [4.78, 5) is 18.3. The van der Waals surface area contributed by atoms with E-state index in [4.69, 9.17) is 15.2 Å². The van der Waals surface area contributed by atoms with Crippen LogP contribution in [0.15, 0.2) is 18.3 Å². The van der Waals surface area contributed by atoms with Crippen LogP contribution in [0.1, 0.15) is 48.2 Å². The number of carbonyl (C=O) groups excluding carboxylic acids is 1. The number of amides is 1. The topological polar surface area (TPSA) is 77.7 Å². The first-order valence-corrected chi connectivity index (χ1v) is 9.79. The Bertz CT molecular complexity index is 645. The van der Waals surface area contributed by atoms with Gasteiger partial charge in [0.15, 0.2) is 0 Å². The highest BCUT2D eigenvalue weighted by molar-refractivity contribution is 5.90. The van der Waals surface area contributed by atoms with Crippen LogP contribution in [-0.4, -0.2) is 55.2 Å². The Labute approximate surface area is 155 Å². The molecule has 1 saturated carbocycles. The average Bonchev–Trinajstić information content (AvgIpc) is 3.14. The Balaban J connectivity index is 1.61. The van der Waals surface area contributed by atoms with Crippen LogP contribution in [0, 0.1) is 11.8 Å². The summed E-state index contributed by atoms with van der Waals surface area (Å²) in [5, 5.41) is 0. The first-order valence-electron chi connectivity index (χ1n) is 9.79. The van der Waals surface area contributed by atoms with Gasteiger partial charge < -0.3 is 15.2 Å². The van der Waals surface area contributed by atoms with E-state index in [0.717, 1.165) is 44.6 Å². The van der Waals surface area contributed by atoms with Gasteiger partial charge in [0.1, 0.15) is 11.3 Å². The lowest BCUT2D eigenvalue weighted by Gasteiger charge is -2.55. The van der Waals surface area contributed by atoms with Crippen LogP contribution in [0.2, 0.25) is 0 Å². The number of hydrogen-bond donors (Lipinski definition) is 1. The third-order valence-corrected chi connectivity index (χ3v) is 6.56. The van der Waals surface area contributed by atoms with Gasteiger partial charge in [-0.2, -0.15) is 0 Å². The van der Waals surface area contributed by atoms with E-state index in [2.05, 4.69) is 9.88 Å². The lowest BCUT2D eigenvalue weighted by atomic mass is 9.62. The molecular weight excluding hydrogens is 330 g/mol. The fraction of sp³-hybridized carbons (Fsp3) is 0.700. The molecule has 3 aliphatic rings. The van der Waals surface area contributed by atoms with Crippen molar-refractivity contribution in [3.05, 3.63) is 29.6 Å². The Morgan fingerprint density at radius 3 is 2.73 bits per heavy atom. The highest BCUT2D eigenvalue weighted by Crippen LogP contribution is 2.51. The van der Waals surface area contributed by atoms with E-state index >= 15 is 0 Å². The highest BCUT2D eigenvalue weighted by atomic mass is 16.5. The fourth-order valence-corrected chi connectivity index (χ4v) is 5.48. The summed E-state index contributed by atoms with van der Waals surface area (Å²) in [5.74, 6) is 0.327. The molecule has 1 aromatic heterocycles. The molecule has 0 spiro atoms.